The second kappa shape index (κ2) is 5.85. The van der Waals surface area contributed by atoms with Crippen molar-refractivity contribution in [1.82, 2.24) is 0 Å². The van der Waals surface area contributed by atoms with Gasteiger partial charge in [-0.15, -0.1) is 0 Å². The van der Waals surface area contributed by atoms with E-state index in [1.165, 1.54) is 12.8 Å². The number of methoxy groups -OCH3 is 1. The minimum absolute atomic E-state index is 0.0548. The molecule has 0 saturated heterocycles. The molecule has 0 radical (unpaired) electrons. The number of carbonyl (C=O) groups excluding carboxylic acids is 1. The van der Waals surface area contributed by atoms with Crippen LogP contribution in [0.15, 0.2) is 22.7 Å². The maximum absolute atomic E-state index is 11.9. The maximum atomic E-state index is 11.9. The van der Waals surface area contributed by atoms with Crippen molar-refractivity contribution in [2.24, 2.45) is 11.7 Å². The van der Waals surface area contributed by atoms with Crippen LogP contribution in [0.4, 0.5) is 0 Å². The van der Waals surface area contributed by atoms with Crippen molar-refractivity contribution in [1.29, 1.82) is 0 Å². The highest BCUT2D eigenvalue weighted by Crippen LogP contribution is 2.33. The van der Waals surface area contributed by atoms with Crippen molar-refractivity contribution in [2.45, 2.75) is 31.7 Å². The minimum Gasteiger partial charge on any atom is -0.496 e. The number of halogens is 1. The Morgan fingerprint density at radius 2 is 2.28 bits per heavy atom. The fraction of sp³-hybridized carbons (Fsp3) is 0.500. The fourth-order valence-electron chi connectivity index (χ4n) is 2.07. The number of ether oxygens (including phenoxy) is 1. The second-order valence-electron chi connectivity index (χ2n) is 4.89. The SMILES string of the molecule is COc1ccc(CC(=O)CC(N)C2CC2)cc1Br. The molecule has 0 heterocycles. The molecule has 1 fully saturated rings. The molecular weight excluding hydrogens is 294 g/mol. The topological polar surface area (TPSA) is 52.3 Å². The average molecular weight is 312 g/mol. The highest BCUT2D eigenvalue weighted by atomic mass is 79.9. The molecular formula is C14H18BrNO2. The van der Waals surface area contributed by atoms with Crippen LogP contribution in [0, 0.1) is 5.92 Å². The lowest BCUT2D eigenvalue weighted by Crippen LogP contribution is -2.26. The lowest BCUT2D eigenvalue weighted by atomic mass is 10.0. The standard InChI is InChI=1S/C14H18BrNO2/c1-18-14-5-2-9(7-12(14)15)6-11(17)8-13(16)10-3-4-10/h2,5,7,10,13H,3-4,6,8,16H2,1H3. The third-order valence-corrected chi connectivity index (χ3v) is 3.93. The molecule has 0 aliphatic heterocycles. The molecule has 1 atom stereocenters. The van der Waals surface area contributed by atoms with Crippen molar-refractivity contribution >= 4 is 21.7 Å². The Kier molecular flexibility index (Phi) is 4.40. The first-order chi connectivity index (χ1) is 8.60. The van der Waals surface area contributed by atoms with Gasteiger partial charge in [-0.1, -0.05) is 6.07 Å². The van der Waals surface area contributed by atoms with Gasteiger partial charge in [0.15, 0.2) is 0 Å². The van der Waals surface area contributed by atoms with Gasteiger partial charge in [0.05, 0.1) is 11.6 Å². The summed E-state index contributed by atoms with van der Waals surface area (Å²) < 4.78 is 6.03. The Hall–Kier alpha value is -0.870. The van der Waals surface area contributed by atoms with Crippen molar-refractivity contribution in [3.05, 3.63) is 28.2 Å². The first-order valence-electron chi connectivity index (χ1n) is 6.20. The number of carbonyl (C=O) groups is 1. The molecule has 2 rings (SSSR count). The van der Waals surface area contributed by atoms with Crippen molar-refractivity contribution < 1.29 is 9.53 Å². The third kappa shape index (κ3) is 3.56. The molecule has 0 amide bonds. The van der Waals surface area contributed by atoms with Gasteiger partial charge < -0.3 is 10.5 Å². The van der Waals surface area contributed by atoms with Gasteiger partial charge in [0, 0.05) is 18.9 Å². The number of hydrogen-bond donors (Lipinski definition) is 1. The van der Waals surface area contributed by atoms with Gasteiger partial charge in [-0.2, -0.15) is 0 Å². The van der Waals surface area contributed by atoms with Crippen LogP contribution in [-0.2, 0) is 11.2 Å². The third-order valence-electron chi connectivity index (χ3n) is 3.31. The lowest BCUT2D eigenvalue weighted by molar-refractivity contribution is -0.118. The van der Waals surface area contributed by atoms with Gasteiger partial charge in [0.2, 0.25) is 0 Å². The van der Waals surface area contributed by atoms with E-state index in [-0.39, 0.29) is 11.8 Å². The first-order valence-corrected chi connectivity index (χ1v) is 6.99. The molecule has 1 aliphatic rings. The lowest BCUT2D eigenvalue weighted by Gasteiger charge is -2.10. The van der Waals surface area contributed by atoms with Crippen molar-refractivity contribution in [2.75, 3.05) is 7.11 Å². The number of Topliss-reactive ketones (excluding diaryl/α,β-unsaturated/α-hetero) is 1. The summed E-state index contributed by atoms with van der Waals surface area (Å²) in [5, 5.41) is 0. The van der Waals surface area contributed by atoms with E-state index in [1.54, 1.807) is 7.11 Å². The number of rotatable bonds is 6. The van der Waals surface area contributed by atoms with Crippen molar-refractivity contribution in [3.63, 3.8) is 0 Å². The minimum atomic E-state index is 0.0548. The Labute approximate surface area is 116 Å². The summed E-state index contributed by atoms with van der Waals surface area (Å²) in [6, 6.07) is 5.77. The zero-order chi connectivity index (χ0) is 13.1. The number of ketones is 1. The van der Waals surface area contributed by atoms with E-state index in [2.05, 4.69) is 15.9 Å². The largest absolute Gasteiger partial charge is 0.496 e. The summed E-state index contributed by atoms with van der Waals surface area (Å²) in [5.41, 5.74) is 6.95. The van der Waals surface area contributed by atoms with Gasteiger partial charge >= 0.3 is 0 Å². The molecule has 98 valence electrons. The molecule has 2 N–H and O–H groups in total. The average Bonchev–Trinajstić information content (AvgIpc) is 3.12. The van der Waals surface area contributed by atoms with Gasteiger partial charge in [-0.25, -0.2) is 0 Å². The molecule has 1 aromatic carbocycles. The van der Waals surface area contributed by atoms with Crippen molar-refractivity contribution in [3.8, 4) is 5.75 Å². The van der Waals surface area contributed by atoms with Crippen LogP contribution in [0.25, 0.3) is 0 Å². The predicted octanol–water partition coefficient (Wildman–Crippen LogP) is 2.70. The highest BCUT2D eigenvalue weighted by Gasteiger charge is 2.29. The molecule has 4 heteroatoms. The fourth-order valence-corrected chi connectivity index (χ4v) is 2.66. The molecule has 1 saturated carbocycles. The summed E-state index contributed by atoms with van der Waals surface area (Å²) >= 11 is 3.42. The maximum Gasteiger partial charge on any atom is 0.138 e. The van der Waals surface area contributed by atoms with Crippen LogP contribution in [0.5, 0.6) is 5.75 Å². The molecule has 1 aliphatic carbocycles. The molecule has 0 aromatic heterocycles. The van der Waals surface area contributed by atoms with E-state index >= 15 is 0 Å². The molecule has 0 bridgehead atoms. The van der Waals surface area contributed by atoms with E-state index in [9.17, 15) is 4.79 Å². The zero-order valence-corrected chi connectivity index (χ0v) is 12.1. The highest BCUT2D eigenvalue weighted by molar-refractivity contribution is 9.10. The smallest absolute Gasteiger partial charge is 0.138 e. The van der Waals surface area contributed by atoms with E-state index < -0.39 is 0 Å². The van der Waals surface area contributed by atoms with Gasteiger partial charge in [0.1, 0.15) is 11.5 Å². The van der Waals surface area contributed by atoms with Crippen LogP contribution < -0.4 is 10.5 Å². The normalized spacial score (nSPS) is 16.4. The summed E-state index contributed by atoms with van der Waals surface area (Å²) in [6.45, 7) is 0. The monoisotopic (exact) mass is 311 g/mol. The molecule has 1 aromatic rings. The number of hydrogen-bond acceptors (Lipinski definition) is 3. The summed E-state index contributed by atoms with van der Waals surface area (Å²) in [6.07, 6.45) is 3.31. The van der Waals surface area contributed by atoms with Crippen LogP contribution >= 0.6 is 15.9 Å². The summed E-state index contributed by atoms with van der Waals surface area (Å²) in [5.74, 6) is 1.57. The number of benzene rings is 1. The van der Waals surface area contributed by atoms with Gasteiger partial charge in [-0.05, 0) is 52.4 Å². The van der Waals surface area contributed by atoms with Gasteiger partial charge in [0.25, 0.3) is 0 Å². The predicted molar refractivity (Wildman–Crippen MR) is 74.7 cm³/mol. The van der Waals surface area contributed by atoms with Crippen LogP contribution in [0.1, 0.15) is 24.8 Å². The van der Waals surface area contributed by atoms with Crippen LogP contribution in [-0.4, -0.2) is 18.9 Å². The van der Waals surface area contributed by atoms with E-state index in [0.717, 1.165) is 15.8 Å². The second-order valence-corrected chi connectivity index (χ2v) is 5.74. The Balaban J connectivity index is 1.91. The van der Waals surface area contributed by atoms with E-state index in [0.29, 0.717) is 18.8 Å². The molecule has 1 unspecified atom stereocenters. The Bertz CT molecular complexity index is 443. The molecule has 3 nitrogen and oxygen atoms in total. The van der Waals surface area contributed by atoms with Crippen LogP contribution in [0.3, 0.4) is 0 Å². The Morgan fingerprint density at radius 1 is 1.56 bits per heavy atom. The van der Waals surface area contributed by atoms with Crippen LogP contribution in [0.2, 0.25) is 0 Å². The Morgan fingerprint density at radius 3 is 2.83 bits per heavy atom. The molecule has 0 spiro atoms. The van der Waals surface area contributed by atoms with E-state index in [1.807, 2.05) is 18.2 Å². The number of nitrogens with two attached hydrogens (primary N) is 1. The van der Waals surface area contributed by atoms with Gasteiger partial charge in [-0.3, -0.25) is 4.79 Å². The zero-order valence-electron chi connectivity index (χ0n) is 10.5. The molecule has 18 heavy (non-hydrogen) atoms. The first kappa shape index (κ1) is 13.6. The summed E-state index contributed by atoms with van der Waals surface area (Å²) in [4.78, 5) is 11.9. The summed E-state index contributed by atoms with van der Waals surface area (Å²) in [7, 11) is 1.62. The van der Waals surface area contributed by atoms with E-state index in [4.69, 9.17) is 10.5 Å². The quantitative estimate of drug-likeness (QED) is 0.879.